The predicted molar refractivity (Wildman–Crippen MR) is 59.1 cm³/mol. The van der Waals surface area contributed by atoms with E-state index in [9.17, 15) is 0 Å². The van der Waals surface area contributed by atoms with E-state index in [4.69, 9.17) is 5.11 Å². The molecule has 2 N–H and O–H groups in total. The molecule has 0 bridgehead atoms. The Labute approximate surface area is 87.1 Å². The van der Waals surface area contributed by atoms with Crippen LogP contribution < -0.4 is 5.32 Å². The van der Waals surface area contributed by atoms with Crippen molar-refractivity contribution in [2.45, 2.75) is 13.3 Å². The second-order valence-corrected chi connectivity index (χ2v) is 3.82. The number of aryl methyl sites for hydroxylation is 1. The molecule has 0 aliphatic heterocycles. The smallest absolute Gasteiger partial charge is 0.0447 e. The number of rotatable bonds is 4. The number of aliphatic hydroxyl groups excluding tert-OH is 1. The fraction of sp³-hybridized carbons (Fsp3) is 0.400. The minimum absolute atomic E-state index is 0.239. The zero-order chi connectivity index (χ0) is 9.68. The van der Waals surface area contributed by atoms with E-state index >= 15 is 0 Å². The highest BCUT2D eigenvalue weighted by Gasteiger charge is 1.95. The monoisotopic (exact) mass is 243 g/mol. The number of hydrogen-bond donors (Lipinski definition) is 2. The Kier molecular flexibility index (Phi) is 4.25. The lowest BCUT2D eigenvalue weighted by Gasteiger charge is -2.06. The van der Waals surface area contributed by atoms with Crippen molar-refractivity contribution in [3.8, 4) is 0 Å². The van der Waals surface area contributed by atoms with Gasteiger partial charge in [0.05, 0.1) is 0 Å². The molecule has 0 fully saturated rings. The Hall–Kier alpha value is -0.540. The van der Waals surface area contributed by atoms with Gasteiger partial charge in [0.25, 0.3) is 0 Å². The van der Waals surface area contributed by atoms with Crippen LogP contribution in [0.1, 0.15) is 12.0 Å². The molecule has 1 aromatic rings. The molecule has 0 unspecified atom stereocenters. The first-order valence-corrected chi connectivity index (χ1v) is 5.14. The summed E-state index contributed by atoms with van der Waals surface area (Å²) in [4.78, 5) is 0. The third-order valence-electron chi connectivity index (χ3n) is 1.82. The topological polar surface area (TPSA) is 32.3 Å². The van der Waals surface area contributed by atoms with E-state index < -0.39 is 0 Å². The summed E-state index contributed by atoms with van der Waals surface area (Å²) in [5.41, 5.74) is 2.32. The molecule has 72 valence electrons. The average Bonchev–Trinajstić information content (AvgIpc) is 2.12. The maximum atomic E-state index is 8.60. The summed E-state index contributed by atoms with van der Waals surface area (Å²) in [5.74, 6) is 0. The quantitative estimate of drug-likeness (QED) is 0.798. The summed E-state index contributed by atoms with van der Waals surface area (Å²) in [6.45, 7) is 3.11. The van der Waals surface area contributed by atoms with Crippen LogP contribution in [0, 0.1) is 6.92 Å². The SMILES string of the molecule is Cc1cc(NCCCO)ccc1Br. The number of halogens is 1. The van der Waals surface area contributed by atoms with Gasteiger partial charge in [0.2, 0.25) is 0 Å². The molecule has 0 aliphatic carbocycles. The van der Waals surface area contributed by atoms with Crippen molar-refractivity contribution in [3.63, 3.8) is 0 Å². The first-order chi connectivity index (χ1) is 6.24. The molecule has 0 saturated heterocycles. The molecule has 0 aromatic heterocycles. The fourth-order valence-electron chi connectivity index (χ4n) is 1.07. The van der Waals surface area contributed by atoms with Gasteiger partial charge in [-0.2, -0.15) is 0 Å². The molecule has 13 heavy (non-hydrogen) atoms. The summed E-state index contributed by atoms with van der Waals surface area (Å²) in [6.07, 6.45) is 0.787. The molecule has 0 saturated carbocycles. The minimum atomic E-state index is 0.239. The van der Waals surface area contributed by atoms with Gasteiger partial charge < -0.3 is 10.4 Å². The van der Waals surface area contributed by atoms with Crippen LogP contribution in [0.25, 0.3) is 0 Å². The Balaban J connectivity index is 2.53. The van der Waals surface area contributed by atoms with Gasteiger partial charge in [-0.25, -0.2) is 0 Å². The van der Waals surface area contributed by atoms with E-state index in [1.807, 2.05) is 12.1 Å². The number of anilines is 1. The molecule has 0 radical (unpaired) electrons. The van der Waals surface area contributed by atoms with Gasteiger partial charge in [0.1, 0.15) is 0 Å². The zero-order valence-electron chi connectivity index (χ0n) is 7.68. The number of hydrogen-bond acceptors (Lipinski definition) is 2. The van der Waals surface area contributed by atoms with E-state index in [-0.39, 0.29) is 6.61 Å². The molecule has 0 heterocycles. The van der Waals surface area contributed by atoms with Crippen molar-refractivity contribution in [2.75, 3.05) is 18.5 Å². The Morgan fingerprint density at radius 3 is 2.85 bits per heavy atom. The lowest BCUT2D eigenvalue weighted by atomic mass is 10.2. The number of nitrogens with one attached hydrogen (secondary N) is 1. The summed E-state index contributed by atoms with van der Waals surface area (Å²) in [6, 6.07) is 6.13. The molecule has 0 atom stereocenters. The molecular formula is C10H14BrNO. The van der Waals surface area contributed by atoms with Gasteiger partial charge in [0, 0.05) is 23.3 Å². The van der Waals surface area contributed by atoms with Gasteiger partial charge >= 0.3 is 0 Å². The Morgan fingerprint density at radius 2 is 2.23 bits per heavy atom. The largest absolute Gasteiger partial charge is 0.396 e. The molecule has 1 aromatic carbocycles. The lowest BCUT2D eigenvalue weighted by Crippen LogP contribution is -2.03. The maximum Gasteiger partial charge on any atom is 0.0447 e. The second-order valence-electron chi connectivity index (χ2n) is 2.97. The van der Waals surface area contributed by atoms with Crippen LogP contribution >= 0.6 is 15.9 Å². The van der Waals surface area contributed by atoms with Crippen LogP contribution in [0.5, 0.6) is 0 Å². The molecule has 1 rings (SSSR count). The van der Waals surface area contributed by atoms with Crippen molar-refractivity contribution in [1.82, 2.24) is 0 Å². The van der Waals surface area contributed by atoms with E-state index in [1.165, 1.54) is 5.56 Å². The first-order valence-electron chi connectivity index (χ1n) is 4.35. The van der Waals surface area contributed by atoms with Crippen molar-refractivity contribution >= 4 is 21.6 Å². The number of benzene rings is 1. The molecule has 0 aliphatic rings. The zero-order valence-corrected chi connectivity index (χ0v) is 9.26. The maximum absolute atomic E-state index is 8.60. The molecular weight excluding hydrogens is 230 g/mol. The van der Waals surface area contributed by atoms with Crippen LogP contribution in [0.4, 0.5) is 5.69 Å². The summed E-state index contributed by atoms with van der Waals surface area (Å²) in [5, 5.41) is 11.8. The summed E-state index contributed by atoms with van der Waals surface area (Å²) < 4.78 is 1.13. The highest BCUT2D eigenvalue weighted by atomic mass is 79.9. The first kappa shape index (κ1) is 10.5. The van der Waals surface area contributed by atoms with Gasteiger partial charge in [0.15, 0.2) is 0 Å². The van der Waals surface area contributed by atoms with Crippen molar-refractivity contribution in [1.29, 1.82) is 0 Å². The molecule has 0 amide bonds. The summed E-state index contributed by atoms with van der Waals surface area (Å²) in [7, 11) is 0. The molecule has 0 spiro atoms. The Bertz CT molecular complexity index is 276. The highest BCUT2D eigenvalue weighted by Crippen LogP contribution is 2.19. The predicted octanol–water partition coefficient (Wildman–Crippen LogP) is 2.55. The molecule has 3 heteroatoms. The fourth-order valence-corrected chi connectivity index (χ4v) is 1.31. The van der Waals surface area contributed by atoms with Crippen molar-refractivity contribution in [2.24, 2.45) is 0 Å². The van der Waals surface area contributed by atoms with E-state index in [1.54, 1.807) is 0 Å². The van der Waals surface area contributed by atoms with Crippen LogP contribution in [0.2, 0.25) is 0 Å². The van der Waals surface area contributed by atoms with Crippen molar-refractivity contribution in [3.05, 3.63) is 28.2 Å². The van der Waals surface area contributed by atoms with E-state index in [2.05, 4.69) is 34.2 Å². The minimum Gasteiger partial charge on any atom is -0.396 e. The average molecular weight is 244 g/mol. The highest BCUT2D eigenvalue weighted by molar-refractivity contribution is 9.10. The standard InChI is InChI=1S/C10H14BrNO/c1-8-7-9(3-4-10(8)11)12-5-2-6-13/h3-4,7,12-13H,2,5-6H2,1H3. The van der Waals surface area contributed by atoms with Gasteiger partial charge in [-0.3, -0.25) is 0 Å². The van der Waals surface area contributed by atoms with Gasteiger partial charge in [-0.05, 0) is 37.1 Å². The lowest BCUT2D eigenvalue weighted by molar-refractivity contribution is 0.292. The van der Waals surface area contributed by atoms with Crippen molar-refractivity contribution < 1.29 is 5.11 Å². The van der Waals surface area contributed by atoms with Gasteiger partial charge in [-0.1, -0.05) is 15.9 Å². The number of aliphatic hydroxyl groups is 1. The van der Waals surface area contributed by atoms with Gasteiger partial charge in [-0.15, -0.1) is 0 Å². The normalized spacial score (nSPS) is 10.1. The van der Waals surface area contributed by atoms with Crippen LogP contribution in [-0.2, 0) is 0 Å². The van der Waals surface area contributed by atoms with E-state index in [0.29, 0.717) is 0 Å². The van der Waals surface area contributed by atoms with Crippen LogP contribution in [0.15, 0.2) is 22.7 Å². The third kappa shape index (κ3) is 3.36. The third-order valence-corrected chi connectivity index (χ3v) is 2.71. The van der Waals surface area contributed by atoms with E-state index in [0.717, 1.165) is 23.1 Å². The van der Waals surface area contributed by atoms with Crippen LogP contribution in [0.3, 0.4) is 0 Å². The summed E-state index contributed by atoms with van der Waals surface area (Å²) >= 11 is 3.44. The molecule has 2 nitrogen and oxygen atoms in total. The second kappa shape index (κ2) is 5.25. The van der Waals surface area contributed by atoms with Crippen LogP contribution in [-0.4, -0.2) is 18.3 Å². The Morgan fingerprint density at radius 1 is 1.46 bits per heavy atom.